The zero-order valence-electron chi connectivity index (χ0n) is 15.0. The van der Waals surface area contributed by atoms with E-state index in [1.807, 2.05) is 36.4 Å². The molecule has 2 aromatic carbocycles. The van der Waals surface area contributed by atoms with Gasteiger partial charge in [0, 0.05) is 18.2 Å². The second-order valence-electron chi connectivity index (χ2n) is 5.96. The largest absolute Gasteiger partial charge is 0.339 e. The summed E-state index contributed by atoms with van der Waals surface area (Å²) in [6.07, 6.45) is 1.91. The Morgan fingerprint density at radius 3 is 2.38 bits per heavy atom. The molecule has 1 aromatic heterocycles. The molecule has 0 atom stereocenters. The molecule has 2 N–H and O–H groups in total. The number of benzene rings is 2. The highest BCUT2D eigenvalue weighted by Gasteiger charge is 2.22. The van der Waals surface area contributed by atoms with Crippen molar-refractivity contribution in [3.63, 3.8) is 0 Å². The molecule has 0 radical (unpaired) electrons. The van der Waals surface area contributed by atoms with Gasteiger partial charge >= 0.3 is 5.13 Å². The predicted molar refractivity (Wildman–Crippen MR) is 109 cm³/mol. The van der Waals surface area contributed by atoms with Gasteiger partial charge in [-0.2, -0.15) is 0 Å². The maximum absolute atomic E-state index is 11.1. The maximum Gasteiger partial charge on any atom is 0.339 e. The average Bonchev–Trinajstić information content (AvgIpc) is 2.92. The van der Waals surface area contributed by atoms with E-state index in [2.05, 4.69) is 53.0 Å². The lowest BCUT2D eigenvalue weighted by molar-refractivity contribution is -0.657. The summed E-state index contributed by atoms with van der Waals surface area (Å²) in [6.45, 7) is 8.27. The van der Waals surface area contributed by atoms with Crippen LogP contribution in [-0.2, 0) is 11.3 Å². The van der Waals surface area contributed by atoms with E-state index >= 15 is 0 Å². The third-order valence-corrected chi connectivity index (χ3v) is 4.93. The number of aromatic nitrogens is 1. The normalized spacial score (nSPS) is 10.4. The van der Waals surface area contributed by atoms with Crippen LogP contribution in [0.25, 0.3) is 11.3 Å². The number of amides is 1. The number of carbonyl (C=O) groups is 1. The van der Waals surface area contributed by atoms with Crippen LogP contribution in [0.3, 0.4) is 0 Å². The topological polar surface area (TPSA) is 45.0 Å². The fraction of sp³-hybridized carbons (Fsp3) is 0.143. The summed E-state index contributed by atoms with van der Waals surface area (Å²) in [5.41, 5.74) is 4.15. The molecule has 0 bridgehead atoms. The molecule has 0 aliphatic carbocycles. The fourth-order valence-electron chi connectivity index (χ4n) is 2.86. The summed E-state index contributed by atoms with van der Waals surface area (Å²) in [5.74, 6) is -0.0732. The smallest absolute Gasteiger partial charge is 0.326 e. The van der Waals surface area contributed by atoms with Gasteiger partial charge in [0.05, 0.1) is 4.88 Å². The second-order valence-corrected chi connectivity index (χ2v) is 7.16. The van der Waals surface area contributed by atoms with E-state index < -0.39 is 0 Å². The van der Waals surface area contributed by atoms with Gasteiger partial charge in [-0.1, -0.05) is 54.3 Å². The van der Waals surface area contributed by atoms with Crippen molar-refractivity contribution in [3.05, 3.63) is 72.1 Å². The van der Waals surface area contributed by atoms with Crippen LogP contribution >= 0.6 is 11.3 Å². The highest BCUT2D eigenvalue weighted by molar-refractivity contribution is 7.15. The molecule has 4 nitrogen and oxygen atoms in total. The number of anilines is 3. The molecule has 0 spiro atoms. The number of aryl methyl sites for hydroxylation is 1. The lowest BCUT2D eigenvalue weighted by atomic mass is 10.1. The molecule has 0 aliphatic rings. The molecule has 3 rings (SSSR count). The Morgan fingerprint density at radius 2 is 1.77 bits per heavy atom. The molecule has 0 saturated carbocycles. The third-order valence-electron chi connectivity index (χ3n) is 3.91. The molecule has 26 heavy (non-hydrogen) atoms. The van der Waals surface area contributed by atoms with Crippen molar-refractivity contribution in [1.29, 1.82) is 0 Å². The van der Waals surface area contributed by atoms with Crippen molar-refractivity contribution in [1.82, 2.24) is 0 Å². The van der Waals surface area contributed by atoms with Crippen LogP contribution in [0.15, 0.2) is 67.3 Å². The zero-order valence-corrected chi connectivity index (χ0v) is 15.8. The average molecular weight is 364 g/mol. The van der Waals surface area contributed by atoms with Gasteiger partial charge in [-0.15, -0.1) is 0 Å². The van der Waals surface area contributed by atoms with Crippen LogP contribution in [0.2, 0.25) is 0 Å². The van der Waals surface area contributed by atoms with Crippen LogP contribution in [0.1, 0.15) is 11.8 Å². The number of nitrogens with one attached hydrogen (secondary N) is 2. The van der Waals surface area contributed by atoms with Gasteiger partial charge in [0.1, 0.15) is 17.9 Å². The van der Waals surface area contributed by atoms with E-state index in [9.17, 15) is 4.79 Å². The molecule has 0 aliphatic heterocycles. The first-order valence-electron chi connectivity index (χ1n) is 8.42. The Balaban J connectivity index is 1.93. The van der Waals surface area contributed by atoms with Gasteiger partial charge in [-0.25, -0.2) is 9.88 Å². The van der Waals surface area contributed by atoms with E-state index in [-0.39, 0.29) is 5.91 Å². The minimum Gasteiger partial charge on any atom is -0.326 e. The van der Waals surface area contributed by atoms with E-state index in [1.165, 1.54) is 23.1 Å². The first-order chi connectivity index (χ1) is 12.6. The standard InChI is InChI=1S/C21H21N3OS/c1-4-14-24-20(17-8-6-5-7-9-17)15(2)26-21(24)23-19-12-10-18(11-13-19)22-16(3)25/h4-13H,1,14H2,2-3H3,(H,22,25)/p+1. The van der Waals surface area contributed by atoms with Crippen molar-refractivity contribution < 1.29 is 9.36 Å². The van der Waals surface area contributed by atoms with Gasteiger partial charge in [0.15, 0.2) is 0 Å². The molecule has 132 valence electrons. The summed E-state index contributed by atoms with van der Waals surface area (Å²) in [6, 6.07) is 18.1. The molecular formula is C21H22N3OS+. The van der Waals surface area contributed by atoms with Crippen molar-refractivity contribution in [2.75, 3.05) is 10.6 Å². The molecule has 1 amide bonds. The number of rotatable bonds is 6. The lowest BCUT2D eigenvalue weighted by Gasteiger charge is -2.06. The number of carbonyl (C=O) groups excluding carboxylic acids is 1. The van der Waals surface area contributed by atoms with Crippen molar-refractivity contribution >= 4 is 33.8 Å². The summed E-state index contributed by atoms with van der Waals surface area (Å²) in [5, 5.41) is 7.32. The number of nitrogens with zero attached hydrogens (tertiary/aromatic N) is 1. The highest BCUT2D eigenvalue weighted by atomic mass is 32.1. The Labute approximate surface area is 157 Å². The highest BCUT2D eigenvalue weighted by Crippen LogP contribution is 2.30. The minimum atomic E-state index is -0.0732. The van der Waals surface area contributed by atoms with Crippen molar-refractivity contribution in [2.24, 2.45) is 0 Å². The number of allylic oxidation sites excluding steroid dienone is 1. The van der Waals surface area contributed by atoms with Gasteiger partial charge in [0.2, 0.25) is 5.91 Å². The zero-order chi connectivity index (χ0) is 18.5. The predicted octanol–water partition coefficient (Wildman–Crippen LogP) is 4.90. The van der Waals surface area contributed by atoms with Gasteiger partial charge in [-0.3, -0.25) is 4.79 Å². The Kier molecular flexibility index (Phi) is 5.49. The molecule has 0 unspecified atom stereocenters. The number of hydrogen-bond donors (Lipinski definition) is 2. The van der Waals surface area contributed by atoms with Crippen LogP contribution in [-0.4, -0.2) is 5.91 Å². The van der Waals surface area contributed by atoms with Crippen LogP contribution in [0.5, 0.6) is 0 Å². The van der Waals surface area contributed by atoms with Crippen molar-refractivity contribution in [2.45, 2.75) is 20.4 Å². The summed E-state index contributed by atoms with van der Waals surface area (Å²) >= 11 is 1.72. The molecule has 3 aromatic rings. The van der Waals surface area contributed by atoms with E-state index in [0.29, 0.717) is 0 Å². The van der Waals surface area contributed by atoms with Gasteiger partial charge < -0.3 is 5.32 Å². The number of hydrogen-bond acceptors (Lipinski definition) is 3. The molecule has 0 fully saturated rings. The monoisotopic (exact) mass is 364 g/mol. The number of thiazole rings is 1. The summed E-state index contributed by atoms with van der Waals surface area (Å²) < 4.78 is 2.24. The molecular weight excluding hydrogens is 342 g/mol. The fourth-order valence-corrected chi connectivity index (χ4v) is 3.91. The van der Waals surface area contributed by atoms with Gasteiger partial charge in [0.25, 0.3) is 0 Å². The molecule has 5 heteroatoms. The first kappa shape index (κ1) is 17.9. The van der Waals surface area contributed by atoms with Crippen LogP contribution in [0, 0.1) is 6.92 Å². The van der Waals surface area contributed by atoms with E-state index in [1.54, 1.807) is 11.3 Å². The van der Waals surface area contributed by atoms with Crippen LogP contribution < -0.4 is 15.2 Å². The second kappa shape index (κ2) is 7.97. The summed E-state index contributed by atoms with van der Waals surface area (Å²) in [4.78, 5) is 12.4. The van der Waals surface area contributed by atoms with Crippen LogP contribution in [0.4, 0.5) is 16.5 Å². The third kappa shape index (κ3) is 4.00. The molecule has 1 heterocycles. The SMILES string of the molecule is C=CC[n+]1c(Nc2ccc(NC(C)=O)cc2)sc(C)c1-c1ccccc1. The Morgan fingerprint density at radius 1 is 1.12 bits per heavy atom. The molecule has 0 saturated heterocycles. The van der Waals surface area contributed by atoms with Crippen molar-refractivity contribution in [3.8, 4) is 11.3 Å². The quantitative estimate of drug-likeness (QED) is 0.483. The minimum absolute atomic E-state index is 0.0732. The first-order valence-corrected chi connectivity index (χ1v) is 9.24. The maximum atomic E-state index is 11.1. The Bertz CT molecular complexity index is 914. The summed E-state index contributed by atoms with van der Waals surface area (Å²) in [7, 11) is 0. The lowest BCUT2D eigenvalue weighted by Crippen LogP contribution is -2.35. The Hall–Kier alpha value is -2.92. The van der Waals surface area contributed by atoms with E-state index in [4.69, 9.17) is 0 Å². The van der Waals surface area contributed by atoms with E-state index in [0.717, 1.165) is 23.1 Å². The van der Waals surface area contributed by atoms with Gasteiger partial charge in [-0.05, 0) is 31.2 Å².